The Morgan fingerprint density at radius 3 is 2.92 bits per heavy atom. The van der Waals surface area contributed by atoms with Gasteiger partial charge in [0.1, 0.15) is 0 Å². The number of benzene rings is 1. The van der Waals surface area contributed by atoms with Gasteiger partial charge in [-0.1, -0.05) is 24.9 Å². The fourth-order valence-electron chi connectivity index (χ4n) is 1.11. The summed E-state index contributed by atoms with van der Waals surface area (Å²) < 4.78 is 2.20. The molecule has 0 saturated heterocycles. The van der Waals surface area contributed by atoms with Crippen LogP contribution in [0.1, 0.15) is 10.6 Å². The van der Waals surface area contributed by atoms with Crippen LogP contribution in [0.5, 0.6) is 0 Å². The standard InChI is InChI=1S/C8H7N3OS/c12-8(11-13)7-9-5-3-1-2-4-6(5)10-7/h1-4,13H,(H,9,10)(H,11,12). The summed E-state index contributed by atoms with van der Waals surface area (Å²) in [5.41, 5.74) is 1.61. The highest BCUT2D eigenvalue weighted by molar-refractivity contribution is 7.78. The van der Waals surface area contributed by atoms with Crippen molar-refractivity contribution in [2.75, 3.05) is 0 Å². The number of imidazole rings is 1. The van der Waals surface area contributed by atoms with E-state index in [2.05, 4.69) is 27.5 Å². The van der Waals surface area contributed by atoms with Crippen LogP contribution in [-0.4, -0.2) is 15.9 Å². The minimum atomic E-state index is -0.334. The van der Waals surface area contributed by atoms with Crippen LogP contribution >= 0.6 is 12.8 Å². The molecule has 0 aliphatic rings. The van der Waals surface area contributed by atoms with E-state index >= 15 is 0 Å². The van der Waals surface area contributed by atoms with Crippen molar-refractivity contribution < 1.29 is 4.79 Å². The number of nitrogens with zero attached hydrogens (tertiary/aromatic N) is 1. The first-order valence-corrected chi connectivity index (χ1v) is 4.15. The number of thiol groups is 1. The molecule has 2 N–H and O–H groups in total. The molecule has 0 spiro atoms. The first-order chi connectivity index (χ1) is 6.31. The van der Waals surface area contributed by atoms with Gasteiger partial charge in [-0.3, -0.25) is 9.52 Å². The number of rotatable bonds is 1. The summed E-state index contributed by atoms with van der Waals surface area (Å²) in [7, 11) is 0. The van der Waals surface area contributed by atoms with Crippen molar-refractivity contribution in [1.82, 2.24) is 14.7 Å². The summed E-state index contributed by atoms with van der Waals surface area (Å²) in [6.45, 7) is 0. The Morgan fingerprint density at radius 1 is 1.46 bits per heavy atom. The topological polar surface area (TPSA) is 57.8 Å². The van der Waals surface area contributed by atoms with Gasteiger partial charge in [-0.15, -0.1) is 0 Å². The van der Waals surface area contributed by atoms with Crippen LogP contribution in [0.15, 0.2) is 24.3 Å². The lowest BCUT2D eigenvalue weighted by Crippen LogP contribution is -2.14. The Kier molecular flexibility index (Phi) is 1.94. The van der Waals surface area contributed by atoms with E-state index in [0.717, 1.165) is 11.0 Å². The number of hydrogen-bond donors (Lipinski definition) is 3. The molecule has 2 rings (SSSR count). The zero-order valence-corrected chi connectivity index (χ0v) is 7.51. The predicted molar refractivity (Wildman–Crippen MR) is 52.5 cm³/mol. The van der Waals surface area contributed by atoms with Gasteiger partial charge in [-0.05, 0) is 12.1 Å². The van der Waals surface area contributed by atoms with E-state index in [0.29, 0.717) is 0 Å². The first-order valence-electron chi connectivity index (χ1n) is 3.70. The largest absolute Gasteiger partial charge is 0.334 e. The van der Waals surface area contributed by atoms with Crippen LogP contribution in [0, 0.1) is 0 Å². The Hall–Kier alpha value is -1.49. The molecule has 0 aliphatic carbocycles. The maximum Gasteiger partial charge on any atom is 0.296 e. The molecule has 1 amide bonds. The lowest BCUT2D eigenvalue weighted by atomic mass is 10.3. The van der Waals surface area contributed by atoms with Crippen molar-refractivity contribution in [1.29, 1.82) is 0 Å². The average Bonchev–Trinajstić information content (AvgIpc) is 2.59. The normalized spacial score (nSPS) is 10.2. The molecular formula is C8H7N3OS. The molecule has 0 radical (unpaired) electrons. The van der Waals surface area contributed by atoms with Gasteiger partial charge in [0.25, 0.3) is 5.91 Å². The maximum absolute atomic E-state index is 11.1. The van der Waals surface area contributed by atoms with E-state index in [1.807, 2.05) is 24.3 Å². The lowest BCUT2D eigenvalue weighted by Gasteiger charge is -1.89. The monoisotopic (exact) mass is 193 g/mol. The van der Waals surface area contributed by atoms with E-state index in [1.54, 1.807) is 0 Å². The number of carbonyl (C=O) groups excluding carboxylic acids is 1. The molecule has 0 fully saturated rings. The molecular weight excluding hydrogens is 186 g/mol. The Balaban J connectivity index is 2.56. The van der Waals surface area contributed by atoms with Gasteiger partial charge in [0.15, 0.2) is 5.82 Å². The average molecular weight is 193 g/mol. The maximum atomic E-state index is 11.1. The molecule has 0 saturated carbocycles. The highest BCUT2D eigenvalue weighted by atomic mass is 32.1. The van der Waals surface area contributed by atoms with Gasteiger partial charge in [0, 0.05) is 0 Å². The first kappa shape index (κ1) is 8.12. The van der Waals surface area contributed by atoms with E-state index in [9.17, 15) is 4.79 Å². The van der Waals surface area contributed by atoms with Crippen molar-refractivity contribution in [2.45, 2.75) is 0 Å². The number of carbonyl (C=O) groups is 1. The van der Waals surface area contributed by atoms with Gasteiger partial charge in [-0.25, -0.2) is 4.98 Å². The Bertz CT molecular complexity index is 418. The van der Waals surface area contributed by atoms with E-state index in [1.165, 1.54) is 0 Å². The highest BCUT2D eigenvalue weighted by Gasteiger charge is 2.08. The van der Waals surface area contributed by atoms with E-state index in [-0.39, 0.29) is 11.7 Å². The summed E-state index contributed by atoms with van der Waals surface area (Å²) in [5.74, 6) is -0.0595. The van der Waals surface area contributed by atoms with Crippen molar-refractivity contribution >= 4 is 29.8 Å². The number of aromatic amines is 1. The molecule has 1 aromatic heterocycles. The van der Waals surface area contributed by atoms with Crippen molar-refractivity contribution in [3.05, 3.63) is 30.1 Å². The zero-order chi connectivity index (χ0) is 9.26. The van der Waals surface area contributed by atoms with E-state index in [4.69, 9.17) is 0 Å². The third kappa shape index (κ3) is 1.38. The quantitative estimate of drug-likeness (QED) is 0.595. The molecule has 13 heavy (non-hydrogen) atoms. The van der Waals surface area contributed by atoms with Crippen LogP contribution in [-0.2, 0) is 0 Å². The number of amides is 1. The molecule has 4 nitrogen and oxygen atoms in total. The third-order valence-corrected chi connectivity index (χ3v) is 1.91. The molecule has 2 aromatic rings. The minimum absolute atomic E-state index is 0.274. The van der Waals surface area contributed by atoms with Gasteiger partial charge >= 0.3 is 0 Å². The second-order valence-electron chi connectivity index (χ2n) is 2.54. The molecule has 0 bridgehead atoms. The summed E-state index contributed by atoms with van der Waals surface area (Å²) in [4.78, 5) is 18.0. The summed E-state index contributed by atoms with van der Waals surface area (Å²) >= 11 is 3.65. The van der Waals surface area contributed by atoms with Crippen LogP contribution < -0.4 is 4.72 Å². The van der Waals surface area contributed by atoms with Gasteiger partial charge < -0.3 is 4.98 Å². The van der Waals surface area contributed by atoms with E-state index < -0.39 is 0 Å². The molecule has 0 unspecified atom stereocenters. The van der Waals surface area contributed by atoms with Crippen molar-refractivity contribution in [2.24, 2.45) is 0 Å². The number of para-hydroxylation sites is 2. The van der Waals surface area contributed by atoms with Crippen LogP contribution in [0.25, 0.3) is 11.0 Å². The molecule has 1 aromatic carbocycles. The van der Waals surface area contributed by atoms with Crippen LogP contribution in [0.4, 0.5) is 0 Å². The fourth-order valence-corrected chi connectivity index (χ4v) is 1.22. The van der Waals surface area contributed by atoms with Gasteiger partial charge in [0.05, 0.1) is 11.0 Å². The highest BCUT2D eigenvalue weighted by Crippen LogP contribution is 2.09. The molecule has 0 atom stereocenters. The summed E-state index contributed by atoms with van der Waals surface area (Å²) in [6.07, 6.45) is 0. The smallest absolute Gasteiger partial charge is 0.296 e. The van der Waals surface area contributed by atoms with Gasteiger partial charge in [-0.2, -0.15) is 0 Å². The number of aromatic nitrogens is 2. The zero-order valence-electron chi connectivity index (χ0n) is 6.61. The SMILES string of the molecule is O=C(NS)c1nc2ccccc2[nH]1. The second-order valence-corrected chi connectivity index (χ2v) is 2.77. The lowest BCUT2D eigenvalue weighted by molar-refractivity contribution is 0.0976. The van der Waals surface area contributed by atoms with Crippen molar-refractivity contribution in [3.63, 3.8) is 0 Å². The fraction of sp³-hybridized carbons (Fsp3) is 0. The number of hydrogen-bond acceptors (Lipinski definition) is 3. The minimum Gasteiger partial charge on any atom is -0.334 e. The second kappa shape index (κ2) is 3.10. The molecule has 1 heterocycles. The van der Waals surface area contributed by atoms with Crippen LogP contribution in [0.2, 0.25) is 0 Å². The van der Waals surface area contributed by atoms with Crippen molar-refractivity contribution in [3.8, 4) is 0 Å². The number of fused-ring (bicyclic) bond motifs is 1. The third-order valence-electron chi connectivity index (χ3n) is 1.71. The predicted octanol–water partition coefficient (Wildman–Crippen LogP) is 1.14. The molecule has 5 heteroatoms. The Morgan fingerprint density at radius 2 is 2.23 bits per heavy atom. The number of nitrogens with one attached hydrogen (secondary N) is 2. The summed E-state index contributed by atoms with van der Waals surface area (Å²) in [6, 6.07) is 7.44. The Labute approximate surface area is 79.9 Å². The molecule has 0 aliphatic heterocycles. The van der Waals surface area contributed by atoms with Crippen LogP contribution in [0.3, 0.4) is 0 Å². The summed E-state index contributed by atoms with van der Waals surface area (Å²) in [5, 5.41) is 0. The number of H-pyrrole nitrogens is 1. The van der Waals surface area contributed by atoms with Gasteiger partial charge in [0.2, 0.25) is 0 Å². The molecule has 66 valence electrons.